The first-order valence-corrected chi connectivity index (χ1v) is 6.96. The smallest absolute Gasteiger partial charge is 0.295 e. The van der Waals surface area contributed by atoms with Gasteiger partial charge in [0.15, 0.2) is 0 Å². The van der Waals surface area contributed by atoms with Crippen LogP contribution in [0.15, 0.2) is 45.8 Å². The number of anilines is 1. The maximum absolute atomic E-state index is 11.9. The highest BCUT2D eigenvalue weighted by atomic mass is 16.5. The fraction of sp³-hybridized carbons (Fsp3) is 0.250. The lowest BCUT2D eigenvalue weighted by Crippen LogP contribution is -2.14. The number of unbranched alkanes of at least 4 members (excludes halogenated alkanes) is 1. The lowest BCUT2D eigenvalue weighted by atomic mass is 10.2. The average molecular weight is 303 g/mol. The predicted molar refractivity (Wildman–Crippen MR) is 81.4 cm³/mol. The Hall–Kier alpha value is -2.76. The molecule has 0 aliphatic rings. The van der Waals surface area contributed by atoms with Crippen LogP contribution in [0.2, 0.25) is 0 Å². The predicted octanol–water partition coefficient (Wildman–Crippen LogP) is 2.78. The molecule has 0 radical (unpaired) electrons. The molecule has 2 N–H and O–H groups in total. The van der Waals surface area contributed by atoms with E-state index in [0.29, 0.717) is 18.0 Å². The number of ether oxygens (including phenoxy) is 1. The van der Waals surface area contributed by atoms with Crippen molar-refractivity contribution < 1.29 is 19.1 Å². The van der Waals surface area contributed by atoms with E-state index in [4.69, 9.17) is 9.15 Å². The largest absolute Gasteiger partial charge is 0.501 e. The molecule has 1 heterocycles. The minimum Gasteiger partial charge on any atom is -0.501 e. The Bertz CT molecular complexity index is 690. The molecular formula is C16H17NO5. The zero-order valence-electron chi connectivity index (χ0n) is 12.2. The van der Waals surface area contributed by atoms with Gasteiger partial charge in [-0.3, -0.25) is 9.59 Å². The fourth-order valence-corrected chi connectivity index (χ4v) is 1.73. The minimum atomic E-state index is -0.709. The Kier molecular flexibility index (Phi) is 5.19. The summed E-state index contributed by atoms with van der Waals surface area (Å²) in [6.45, 7) is 2.73. The first-order chi connectivity index (χ1) is 10.6. The molecule has 2 rings (SSSR count). The topological polar surface area (TPSA) is 88.8 Å². The second-order valence-electron chi connectivity index (χ2n) is 4.64. The van der Waals surface area contributed by atoms with Crippen LogP contribution < -0.4 is 15.5 Å². The summed E-state index contributed by atoms with van der Waals surface area (Å²) in [6, 6.07) is 7.82. The van der Waals surface area contributed by atoms with Gasteiger partial charge in [-0.15, -0.1) is 0 Å². The quantitative estimate of drug-likeness (QED) is 0.801. The molecule has 0 bridgehead atoms. The van der Waals surface area contributed by atoms with E-state index < -0.39 is 22.8 Å². The van der Waals surface area contributed by atoms with Gasteiger partial charge in [0.2, 0.25) is 16.9 Å². The van der Waals surface area contributed by atoms with E-state index in [1.54, 1.807) is 24.3 Å². The highest BCUT2D eigenvalue weighted by Gasteiger charge is 2.16. The third kappa shape index (κ3) is 3.88. The van der Waals surface area contributed by atoms with Crippen LogP contribution in [0.5, 0.6) is 11.5 Å². The normalized spacial score (nSPS) is 10.2. The van der Waals surface area contributed by atoms with Crippen LogP contribution in [0.25, 0.3) is 0 Å². The Morgan fingerprint density at radius 3 is 2.68 bits per heavy atom. The van der Waals surface area contributed by atoms with Crippen LogP contribution in [0.3, 0.4) is 0 Å². The molecule has 0 aliphatic carbocycles. The molecule has 0 spiro atoms. The van der Waals surface area contributed by atoms with Crippen LogP contribution in [0, 0.1) is 0 Å². The van der Waals surface area contributed by atoms with Gasteiger partial charge in [-0.25, -0.2) is 0 Å². The average Bonchev–Trinajstić information content (AvgIpc) is 2.52. The van der Waals surface area contributed by atoms with E-state index in [9.17, 15) is 14.7 Å². The Balaban J connectivity index is 2.03. The van der Waals surface area contributed by atoms with E-state index in [1.165, 1.54) is 0 Å². The van der Waals surface area contributed by atoms with Gasteiger partial charge in [0.25, 0.3) is 5.91 Å². The molecule has 0 saturated carbocycles. The van der Waals surface area contributed by atoms with Crippen LogP contribution in [0.1, 0.15) is 30.3 Å². The zero-order valence-corrected chi connectivity index (χ0v) is 12.2. The number of benzene rings is 1. The molecule has 6 heteroatoms. The molecule has 0 fully saturated rings. The Morgan fingerprint density at radius 2 is 2.00 bits per heavy atom. The van der Waals surface area contributed by atoms with E-state index in [-0.39, 0.29) is 0 Å². The van der Waals surface area contributed by atoms with Crippen molar-refractivity contribution in [1.82, 2.24) is 0 Å². The number of carbonyl (C=O) groups is 1. The lowest BCUT2D eigenvalue weighted by Gasteiger charge is -2.08. The Morgan fingerprint density at radius 1 is 1.27 bits per heavy atom. The van der Waals surface area contributed by atoms with Gasteiger partial charge >= 0.3 is 0 Å². The van der Waals surface area contributed by atoms with Crippen molar-refractivity contribution in [3.05, 3.63) is 52.6 Å². The number of hydrogen-bond acceptors (Lipinski definition) is 5. The van der Waals surface area contributed by atoms with Gasteiger partial charge in [-0.05, 0) is 30.7 Å². The number of nitrogens with one attached hydrogen (secondary N) is 1. The van der Waals surface area contributed by atoms with Crippen LogP contribution in [0.4, 0.5) is 5.69 Å². The molecule has 0 atom stereocenters. The fourth-order valence-electron chi connectivity index (χ4n) is 1.73. The number of amides is 1. The summed E-state index contributed by atoms with van der Waals surface area (Å²) in [5, 5.41) is 12.1. The van der Waals surface area contributed by atoms with Gasteiger partial charge in [0, 0.05) is 11.8 Å². The van der Waals surface area contributed by atoms with Gasteiger partial charge in [0.1, 0.15) is 5.75 Å². The highest BCUT2D eigenvalue weighted by Crippen LogP contribution is 2.18. The minimum absolute atomic E-state index is 0.421. The monoisotopic (exact) mass is 303 g/mol. The van der Waals surface area contributed by atoms with Crippen LogP contribution >= 0.6 is 0 Å². The van der Waals surface area contributed by atoms with Crippen molar-refractivity contribution in [2.24, 2.45) is 0 Å². The lowest BCUT2D eigenvalue weighted by molar-refractivity contribution is 0.0989. The van der Waals surface area contributed by atoms with Gasteiger partial charge < -0.3 is 19.6 Å². The second kappa shape index (κ2) is 7.31. The number of rotatable bonds is 6. The first kappa shape index (κ1) is 15.6. The maximum atomic E-state index is 11.9. The van der Waals surface area contributed by atoms with Crippen molar-refractivity contribution >= 4 is 11.6 Å². The van der Waals surface area contributed by atoms with E-state index in [0.717, 1.165) is 25.2 Å². The van der Waals surface area contributed by atoms with Crippen molar-refractivity contribution in [2.45, 2.75) is 19.8 Å². The highest BCUT2D eigenvalue weighted by molar-refractivity contribution is 6.03. The molecular weight excluding hydrogens is 286 g/mol. The van der Waals surface area contributed by atoms with Crippen molar-refractivity contribution in [2.75, 3.05) is 11.9 Å². The van der Waals surface area contributed by atoms with Gasteiger partial charge in [0.05, 0.1) is 12.9 Å². The van der Waals surface area contributed by atoms with Gasteiger partial charge in [-0.1, -0.05) is 13.3 Å². The van der Waals surface area contributed by atoms with Crippen molar-refractivity contribution in [3.63, 3.8) is 0 Å². The van der Waals surface area contributed by atoms with Crippen LogP contribution in [-0.2, 0) is 0 Å². The maximum Gasteiger partial charge on any atom is 0.295 e. The number of aromatic hydroxyl groups is 1. The molecule has 0 aliphatic heterocycles. The molecule has 1 amide bonds. The summed E-state index contributed by atoms with van der Waals surface area (Å²) in [6.07, 6.45) is 3.09. The first-order valence-electron chi connectivity index (χ1n) is 6.96. The third-order valence-electron chi connectivity index (χ3n) is 2.94. The molecule has 2 aromatic rings. The van der Waals surface area contributed by atoms with Gasteiger partial charge in [-0.2, -0.15) is 0 Å². The summed E-state index contributed by atoms with van der Waals surface area (Å²) < 4.78 is 10.4. The molecule has 22 heavy (non-hydrogen) atoms. The van der Waals surface area contributed by atoms with Crippen molar-refractivity contribution in [1.29, 1.82) is 0 Å². The van der Waals surface area contributed by atoms with E-state index >= 15 is 0 Å². The standard InChI is InChI=1S/C16H17NO5/c1-2-3-9-21-12-6-4-11(5-7-12)17-16(20)15-14(19)13(18)8-10-22-15/h4-8,10,19H,2-3,9H2,1H3,(H,17,20). The molecule has 6 nitrogen and oxygen atoms in total. The summed E-state index contributed by atoms with van der Waals surface area (Å²) in [4.78, 5) is 23.2. The number of carbonyl (C=O) groups excluding carboxylic acids is 1. The zero-order chi connectivity index (χ0) is 15.9. The van der Waals surface area contributed by atoms with E-state index in [2.05, 4.69) is 12.2 Å². The molecule has 0 unspecified atom stereocenters. The molecule has 116 valence electrons. The summed E-state index contributed by atoms with van der Waals surface area (Å²) >= 11 is 0. The van der Waals surface area contributed by atoms with Crippen molar-refractivity contribution in [3.8, 4) is 11.5 Å². The third-order valence-corrected chi connectivity index (χ3v) is 2.94. The summed E-state index contributed by atoms with van der Waals surface area (Å²) in [5.74, 6) is -1.12. The summed E-state index contributed by atoms with van der Waals surface area (Å²) in [5.41, 5.74) is -0.171. The second-order valence-corrected chi connectivity index (χ2v) is 4.64. The number of hydrogen-bond donors (Lipinski definition) is 2. The molecule has 0 saturated heterocycles. The van der Waals surface area contributed by atoms with Crippen LogP contribution in [-0.4, -0.2) is 17.6 Å². The summed E-state index contributed by atoms with van der Waals surface area (Å²) in [7, 11) is 0. The SMILES string of the molecule is CCCCOc1ccc(NC(=O)c2occc(=O)c2O)cc1. The Labute approximate surface area is 127 Å². The van der Waals surface area contributed by atoms with E-state index in [1.807, 2.05) is 0 Å². The molecule has 1 aromatic heterocycles. The molecule has 1 aromatic carbocycles.